The first-order valence-electron chi connectivity index (χ1n) is 7.02. The summed E-state index contributed by atoms with van der Waals surface area (Å²) in [5.41, 5.74) is 5.68. The minimum absolute atomic E-state index is 0.482. The van der Waals surface area contributed by atoms with Crippen molar-refractivity contribution in [1.82, 2.24) is 5.32 Å². The monoisotopic (exact) mass is 245 g/mol. The third kappa shape index (κ3) is 3.99. The molecule has 0 saturated carbocycles. The van der Waals surface area contributed by atoms with Crippen LogP contribution in [0.1, 0.15) is 54.5 Å². The molecule has 1 unspecified atom stereocenters. The molecular formula is C17H27N. The van der Waals surface area contributed by atoms with E-state index in [1.807, 2.05) is 6.08 Å². The molecule has 0 aliphatic carbocycles. The molecule has 0 aromatic heterocycles. The van der Waals surface area contributed by atoms with Gasteiger partial charge >= 0.3 is 0 Å². The number of aryl methyl sites for hydroxylation is 3. The fraction of sp³-hybridized carbons (Fsp3) is 0.529. The quantitative estimate of drug-likeness (QED) is 0.546. The Kier molecular flexibility index (Phi) is 6.14. The number of nitrogens with one attached hydrogen (secondary N) is 1. The minimum atomic E-state index is 0.482. The summed E-state index contributed by atoms with van der Waals surface area (Å²) < 4.78 is 0. The predicted molar refractivity (Wildman–Crippen MR) is 81.1 cm³/mol. The van der Waals surface area contributed by atoms with Gasteiger partial charge in [-0.05, 0) is 63.3 Å². The molecule has 0 amide bonds. The van der Waals surface area contributed by atoms with Crippen LogP contribution in [0.5, 0.6) is 0 Å². The molecule has 1 N–H and O–H groups in total. The van der Waals surface area contributed by atoms with Gasteiger partial charge in [0.15, 0.2) is 0 Å². The van der Waals surface area contributed by atoms with Crippen LogP contribution in [0.3, 0.4) is 0 Å². The lowest BCUT2D eigenvalue weighted by Gasteiger charge is -2.23. The molecule has 1 nitrogen and oxygen atoms in total. The first-order chi connectivity index (χ1) is 8.60. The van der Waals surface area contributed by atoms with E-state index in [0.29, 0.717) is 6.04 Å². The summed E-state index contributed by atoms with van der Waals surface area (Å²) in [7, 11) is 0. The number of unbranched alkanes of at least 4 members (excludes halogenated alkanes) is 1. The van der Waals surface area contributed by atoms with Crippen molar-refractivity contribution in [2.24, 2.45) is 0 Å². The van der Waals surface area contributed by atoms with Crippen LogP contribution in [0.25, 0.3) is 0 Å². The molecule has 1 atom stereocenters. The van der Waals surface area contributed by atoms with Crippen LogP contribution >= 0.6 is 0 Å². The Hall–Kier alpha value is -1.08. The molecule has 18 heavy (non-hydrogen) atoms. The predicted octanol–water partition coefficient (Wildman–Crippen LogP) is 4.62. The van der Waals surface area contributed by atoms with Crippen LogP contribution < -0.4 is 5.32 Å². The molecule has 0 aliphatic heterocycles. The molecule has 0 fully saturated rings. The minimum Gasteiger partial charge on any atom is -0.310 e. The zero-order valence-corrected chi connectivity index (χ0v) is 12.3. The van der Waals surface area contributed by atoms with Gasteiger partial charge in [-0.15, -0.1) is 6.58 Å². The number of rotatable bonds is 7. The number of hydrogen-bond acceptors (Lipinski definition) is 1. The van der Waals surface area contributed by atoms with Crippen LogP contribution in [0.15, 0.2) is 24.8 Å². The van der Waals surface area contributed by atoms with E-state index in [4.69, 9.17) is 0 Å². The summed E-state index contributed by atoms with van der Waals surface area (Å²) in [6.07, 6.45) is 5.50. The van der Waals surface area contributed by atoms with Crippen molar-refractivity contribution >= 4 is 0 Å². The third-order valence-electron chi connectivity index (χ3n) is 3.44. The van der Waals surface area contributed by atoms with Gasteiger partial charge in [-0.1, -0.05) is 30.7 Å². The molecule has 0 aliphatic rings. The summed E-state index contributed by atoms with van der Waals surface area (Å²) in [5.74, 6) is 0. The number of hydrogen-bond donors (Lipinski definition) is 1. The van der Waals surface area contributed by atoms with E-state index in [1.165, 1.54) is 35.1 Å². The smallest absolute Gasteiger partial charge is 0.0325 e. The normalized spacial score (nSPS) is 12.4. The first kappa shape index (κ1) is 15.0. The Bertz CT molecular complexity index is 370. The highest BCUT2D eigenvalue weighted by atomic mass is 14.9. The Morgan fingerprint density at radius 2 is 1.83 bits per heavy atom. The fourth-order valence-corrected chi connectivity index (χ4v) is 2.80. The second kappa shape index (κ2) is 7.38. The van der Waals surface area contributed by atoms with Crippen LogP contribution in [0, 0.1) is 20.8 Å². The van der Waals surface area contributed by atoms with Gasteiger partial charge < -0.3 is 5.32 Å². The Balaban J connectivity index is 2.93. The van der Waals surface area contributed by atoms with Gasteiger partial charge in [0.2, 0.25) is 0 Å². The summed E-state index contributed by atoms with van der Waals surface area (Å²) in [6, 6.07) is 5.07. The van der Waals surface area contributed by atoms with Gasteiger partial charge in [0.1, 0.15) is 0 Å². The Morgan fingerprint density at radius 1 is 1.22 bits per heavy atom. The van der Waals surface area contributed by atoms with E-state index in [9.17, 15) is 0 Å². The van der Waals surface area contributed by atoms with Crippen molar-refractivity contribution in [3.63, 3.8) is 0 Å². The lowest BCUT2D eigenvalue weighted by molar-refractivity contribution is 0.496. The van der Waals surface area contributed by atoms with Crippen LogP contribution in [-0.2, 0) is 0 Å². The molecular weight excluding hydrogens is 218 g/mol. The number of benzene rings is 1. The first-order valence-corrected chi connectivity index (χ1v) is 7.02. The fourth-order valence-electron chi connectivity index (χ4n) is 2.80. The van der Waals surface area contributed by atoms with E-state index >= 15 is 0 Å². The van der Waals surface area contributed by atoms with Gasteiger partial charge in [-0.2, -0.15) is 0 Å². The summed E-state index contributed by atoms with van der Waals surface area (Å²) in [5, 5.41) is 3.62. The highest BCUT2D eigenvalue weighted by molar-refractivity contribution is 5.39. The van der Waals surface area contributed by atoms with E-state index in [2.05, 4.69) is 51.7 Å². The molecule has 0 bridgehead atoms. The molecule has 0 saturated heterocycles. The van der Waals surface area contributed by atoms with Crippen LogP contribution in [-0.4, -0.2) is 6.54 Å². The van der Waals surface area contributed by atoms with Gasteiger partial charge in [0.05, 0.1) is 0 Å². The summed E-state index contributed by atoms with van der Waals surface area (Å²) in [4.78, 5) is 0. The van der Waals surface area contributed by atoms with E-state index < -0.39 is 0 Å². The molecule has 1 aromatic rings. The average molecular weight is 245 g/mol. The Morgan fingerprint density at radius 3 is 2.33 bits per heavy atom. The lowest BCUT2D eigenvalue weighted by Crippen LogP contribution is -2.22. The molecule has 1 aromatic carbocycles. The zero-order valence-electron chi connectivity index (χ0n) is 12.3. The van der Waals surface area contributed by atoms with Crippen molar-refractivity contribution < 1.29 is 0 Å². The van der Waals surface area contributed by atoms with Crippen LogP contribution in [0.2, 0.25) is 0 Å². The second-order valence-corrected chi connectivity index (χ2v) is 5.14. The number of allylic oxidation sites excluding steroid dienone is 1. The maximum absolute atomic E-state index is 3.80. The second-order valence-electron chi connectivity index (χ2n) is 5.14. The van der Waals surface area contributed by atoms with Gasteiger partial charge in [-0.25, -0.2) is 0 Å². The summed E-state index contributed by atoms with van der Waals surface area (Å²) in [6.45, 7) is 13.6. The summed E-state index contributed by atoms with van der Waals surface area (Å²) >= 11 is 0. The van der Waals surface area contributed by atoms with Gasteiger partial charge in [0.25, 0.3) is 0 Å². The molecule has 1 rings (SSSR count). The van der Waals surface area contributed by atoms with Crippen molar-refractivity contribution in [3.8, 4) is 0 Å². The van der Waals surface area contributed by atoms with E-state index in [1.54, 1.807) is 0 Å². The average Bonchev–Trinajstić information content (AvgIpc) is 2.28. The van der Waals surface area contributed by atoms with Crippen molar-refractivity contribution in [3.05, 3.63) is 47.0 Å². The largest absolute Gasteiger partial charge is 0.310 e. The van der Waals surface area contributed by atoms with Crippen molar-refractivity contribution in [2.75, 3.05) is 6.54 Å². The molecule has 0 heterocycles. The van der Waals surface area contributed by atoms with Gasteiger partial charge in [-0.3, -0.25) is 0 Å². The van der Waals surface area contributed by atoms with E-state index in [0.717, 1.165) is 13.0 Å². The highest BCUT2D eigenvalue weighted by Crippen LogP contribution is 2.27. The maximum Gasteiger partial charge on any atom is 0.0325 e. The SMILES string of the molecule is C=CCCCC(NCC)c1c(C)cc(C)cc1C. The highest BCUT2D eigenvalue weighted by Gasteiger charge is 2.15. The maximum atomic E-state index is 3.80. The van der Waals surface area contributed by atoms with Gasteiger partial charge in [0, 0.05) is 6.04 Å². The molecule has 0 spiro atoms. The van der Waals surface area contributed by atoms with Crippen molar-refractivity contribution in [1.29, 1.82) is 0 Å². The molecule has 0 radical (unpaired) electrons. The topological polar surface area (TPSA) is 12.0 Å². The molecule has 1 heteroatoms. The van der Waals surface area contributed by atoms with Crippen molar-refractivity contribution in [2.45, 2.75) is 53.0 Å². The molecule has 100 valence electrons. The third-order valence-corrected chi connectivity index (χ3v) is 3.44. The Labute approximate surface area is 112 Å². The lowest BCUT2D eigenvalue weighted by atomic mass is 9.91. The van der Waals surface area contributed by atoms with E-state index in [-0.39, 0.29) is 0 Å². The standard InChI is InChI=1S/C17H27N/c1-6-8-9-10-16(18-7-2)17-14(4)11-13(3)12-15(17)5/h6,11-12,16,18H,1,7-10H2,2-5H3. The van der Waals surface area contributed by atoms with Crippen LogP contribution in [0.4, 0.5) is 0 Å². The zero-order chi connectivity index (χ0) is 13.5.